The number of likely N-dealkylation sites (N-methyl/N-ethyl adjacent to an activating group) is 1. The van der Waals surface area contributed by atoms with Crippen LogP contribution in [-0.2, 0) is 13.0 Å². The second-order valence-corrected chi connectivity index (χ2v) is 6.91. The molecule has 0 saturated heterocycles. The fourth-order valence-corrected chi connectivity index (χ4v) is 3.85. The Hall–Kier alpha value is -3.18. The van der Waals surface area contributed by atoms with E-state index in [0.29, 0.717) is 18.0 Å². The number of furan rings is 1. The molecule has 0 amide bonds. The van der Waals surface area contributed by atoms with Gasteiger partial charge in [-0.15, -0.1) is 0 Å². The highest BCUT2D eigenvalue weighted by Crippen LogP contribution is 2.37. The first-order valence-electron chi connectivity index (χ1n) is 9.34. The predicted octanol–water partition coefficient (Wildman–Crippen LogP) is 3.81. The Kier molecular flexibility index (Phi) is 4.61. The summed E-state index contributed by atoms with van der Waals surface area (Å²) in [6, 6.07) is 7.75. The summed E-state index contributed by atoms with van der Waals surface area (Å²) in [5.74, 6) is 0.354. The second-order valence-electron chi connectivity index (χ2n) is 6.91. The van der Waals surface area contributed by atoms with Crippen molar-refractivity contribution in [2.45, 2.75) is 19.9 Å². The summed E-state index contributed by atoms with van der Waals surface area (Å²) in [4.78, 5) is 24.4. The molecule has 5 heteroatoms. The minimum absolute atomic E-state index is 0.144. The van der Waals surface area contributed by atoms with Gasteiger partial charge in [0, 0.05) is 36.3 Å². The summed E-state index contributed by atoms with van der Waals surface area (Å²) in [5, 5.41) is 4.25. The maximum atomic E-state index is 12.4. The van der Waals surface area contributed by atoms with Gasteiger partial charge in [0.2, 0.25) is 0 Å². The van der Waals surface area contributed by atoms with E-state index >= 15 is 0 Å². The summed E-state index contributed by atoms with van der Waals surface area (Å²) in [7, 11) is 1.92. The number of ketones is 1. The predicted molar refractivity (Wildman–Crippen MR) is 112 cm³/mol. The fourth-order valence-electron chi connectivity index (χ4n) is 3.85. The molecule has 5 nitrogen and oxygen atoms in total. The Balaban J connectivity index is 1.86. The quantitative estimate of drug-likeness (QED) is 0.545. The summed E-state index contributed by atoms with van der Waals surface area (Å²) >= 11 is 0. The van der Waals surface area contributed by atoms with Gasteiger partial charge in [0.1, 0.15) is 5.58 Å². The van der Waals surface area contributed by atoms with Gasteiger partial charge >= 0.3 is 0 Å². The number of hydrogen-bond acceptors (Lipinski definition) is 4. The summed E-state index contributed by atoms with van der Waals surface area (Å²) < 4.78 is 8.12. The van der Waals surface area contributed by atoms with Crippen molar-refractivity contribution in [3.05, 3.63) is 76.1 Å². The van der Waals surface area contributed by atoms with Crippen LogP contribution in [0.15, 0.2) is 58.4 Å². The Bertz CT molecular complexity index is 1190. The average Bonchev–Trinajstić information content (AvgIpc) is 3.09. The molecule has 0 unspecified atom stereocenters. The highest BCUT2D eigenvalue weighted by atomic mass is 16.3. The van der Waals surface area contributed by atoms with Gasteiger partial charge in [-0.2, -0.15) is 0 Å². The average molecular weight is 374 g/mol. The number of benzene rings is 1. The van der Waals surface area contributed by atoms with Crippen molar-refractivity contribution in [2.24, 2.45) is 0 Å². The van der Waals surface area contributed by atoms with E-state index in [1.54, 1.807) is 6.20 Å². The van der Waals surface area contributed by atoms with Gasteiger partial charge in [0.05, 0.1) is 11.3 Å². The lowest BCUT2D eigenvalue weighted by molar-refractivity contribution is 0.104. The number of nitrogens with one attached hydrogen (secondary N) is 1. The Morgan fingerprint density at radius 1 is 1.36 bits per heavy atom. The Morgan fingerprint density at radius 2 is 2.18 bits per heavy atom. The van der Waals surface area contributed by atoms with E-state index in [0.717, 1.165) is 35.1 Å². The molecule has 1 N–H and O–H groups in total. The van der Waals surface area contributed by atoms with Crippen molar-refractivity contribution in [3.8, 4) is 11.5 Å². The number of aromatic nitrogens is 1. The van der Waals surface area contributed by atoms with Gasteiger partial charge in [-0.25, -0.2) is 0 Å². The highest BCUT2D eigenvalue weighted by Gasteiger charge is 2.24. The minimum atomic E-state index is -0.358. The lowest BCUT2D eigenvalue weighted by Crippen LogP contribution is -2.20. The van der Waals surface area contributed by atoms with Crippen molar-refractivity contribution in [3.63, 3.8) is 0 Å². The Labute approximate surface area is 163 Å². The molecule has 1 aromatic carbocycles. The van der Waals surface area contributed by atoms with E-state index in [2.05, 4.69) is 36.2 Å². The van der Waals surface area contributed by atoms with Crippen LogP contribution < -0.4 is 10.7 Å². The molecule has 2 aromatic heterocycles. The van der Waals surface area contributed by atoms with Crippen molar-refractivity contribution in [2.75, 3.05) is 13.6 Å². The number of aryl methyl sites for hydroxylation is 2. The molecule has 142 valence electrons. The van der Waals surface area contributed by atoms with Crippen LogP contribution in [0.25, 0.3) is 28.0 Å². The first-order chi connectivity index (χ1) is 13.6. The lowest BCUT2D eigenvalue weighted by Gasteiger charge is -2.18. The maximum Gasteiger partial charge on any atom is 0.193 e. The van der Waals surface area contributed by atoms with Crippen LogP contribution in [0.4, 0.5) is 0 Å². The van der Waals surface area contributed by atoms with Crippen LogP contribution in [0.5, 0.6) is 0 Å². The van der Waals surface area contributed by atoms with Crippen LogP contribution in [-0.4, -0.2) is 23.9 Å². The van der Waals surface area contributed by atoms with Gasteiger partial charge < -0.3 is 14.3 Å². The van der Waals surface area contributed by atoms with Crippen LogP contribution in [0, 0.1) is 0 Å². The molecular weight excluding hydrogens is 352 g/mol. The lowest BCUT2D eigenvalue weighted by atomic mass is 9.98. The molecule has 0 radical (unpaired) electrons. The minimum Gasteiger partial charge on any atom is -0.454 e. The number of hydrogen-bond donors (Lipinski definition) is 1. The summed E-state index contributed by atoms with van der Waals surface area (Å²) in [5.41, 5.74) is 4.78. The number of rotatable bonds is 5. The molecule has 3 heterocycles. The fraction of sp³-hybridized carbons (Fsp3) is 0.217. The molecule has 0 fully saturated rings. The zero-order valence-electron chi connectivity index (χ0n) is 16.0. The zero-order valence-corrected chi connectivity index (χ0v) is 16.0. The number of carbonyl (C=O) groups excluding carboxylic acids is 1. The number of allylic oxidation sites excluding steroid dienone is 2. The van der Waals surface area contributed by atoms with E-state index in [1.165, 1.54) is 17.7 Å². The third-order valence-electron chi connectivity index (χ3n) is 5.29. The molecule has 0 saturated carbocycles. The Morgan fingerprint density at radius 3 is 2.89 bits per heavy atom. The molecule has 0 aliphatic carbocycles. The topological polar surface area (TPSA) is 64.2 Å². The van der Waals surface area contributed by atoms with E-state index in [1.807, 2.05) is 18.5 Å². The molecule has 4 rings (SSSR count). The highest BCUT2D eigenvalue weighted by molar-refractivity contribution is 6.04. The largest absolute Gasteiger partial charge is 0.454 e. The molecule has 1 aliphatic heterocycles. The van der Waals surface area contributed by atoms with Gasteiger partial charge in [0.25, 0.3) is 0 Å². The monoisotopic (exact) mass is 374 g/mol. The molecule has 28 heavy (non-hydrogen) atoms. The zero-order chi connectivity index (χ0) is 19.8. The number of fused-ring (bicyclic) bond motifs is 5. The van der Waals surface area contributed by atoms with Crippen molar-refractivity contribution in [1.82, 2.24) is 9.88 Å². The molecule has 0 atom stereocenters. The SMILES string of the molecule is C=CC(=O)c1cn2c(cc1=O)-c1oc3cc(/C(=C/C)CNC)ccc3c1CC2. The first-order valence-corrected chi connectivity index (χ1v) is 9.34. The normalized spacial score (nSPS) is 13.3. The van der Waals surface area contributed by atoms with E-state index in [-0.39, 0.29) is 16.8 Å². The second kappa shape index (κ2) is 7.09. The molecule has 0 spiro atoms. The molecular formula is C23H22N2O3. The smallest absolute Gasteiger partial charge is 0.193 e. The van der Waals surface area contributed by atoms with Crippen LogP contribution in [0.1, 0.15) is 28.4 Å². The van der Waals surface area contributed by atoms with Gasteiger partial charge in [-0.3, -0.25) is 9.59 Å². The van der Waals surface area contributed by atoms with Crippen molar-refractivity contribution >= 4 is 22.3 Å². The molecule has 3 aromatic rings. The standard InChI is InChI=1S/C23H22N2O3/c1-4-14(12-24-3)15-6-7-16-17-8-9-25-13-18(20(26)5-2)21(27)11-19(25)23(17)28-22(16)10-15/h4-7,10-11,13,24H,2,8-9,12H2,1,3H3/b14-4+. The molecule has 0 bridgehead atoms. The van der Waals surface area contributed by atoms with Crippen LogP contribution in [0.2, 0.25) is 0 Å². The summed E-state index contributed by atoms with van der Waals surface area (Å²) in [6.45, 7) is 6.96. The number of carbonyl (C=O) groups is 1. The molecule has 1 aliphatic rings. The van der Waals surface area contributed by atoms with E-state index in [9.17, 15) is 9.59 Å². The van der Waals surface area contributed by atoms with Gasteiger partial charge in [-0.1, -0.05) is 24.8 Å². The number of pyridine rings is 1. The van der Waals surface area contributed by atoms with Crippen LogP contribution in [0.3, 0.4) is 0 Å². The maximum absolute atomic E-state index is 12.4. The van der Waals surface area contributed by atoms with E-state index < -0.39 is 0 Å². The van der Waals surface area contributed by atoms with Crippen molar-refractivity contribution in [1.29, 1.82) is 0 Å². The van der Waals surface area contributed by atoms with Gasteiger partial charge in [0.15, 0.2) is 17.0 Å². The number of nitrogens with zero attached hydrogens (tertiary/aromatic N) is 1. The summed E-state index contributed by atoms with van der Waals surface area (Å²) in [6.07, 6.45) is 5.67. The van der Waals surface area contributed by atoms with Crippen LogP contribution >= 0.6 is 0 Å². The van der Waals surface area contributed by atoms with Gasteiger partial charge in [-0.05, 0) is 43.7 Å². The first kappa shape index (κ1) is 18.2. The third-order valence-corrected chi connectivity index (χ3v) is 5.29. The third kappa shape index (κ3) is 2.84. The van der Waals surface area contributed by atoms with Crippen molar-refractivity contribution < 1.29 is 9.21 Å². The van der Waals surface area contributed by atoms with E-state index in [4.69, 9.17) is 4.42 Å².